The summed E-state index contributed by atoms with van der Waals surface area (Å²) < 4.78 is 28.1. The second kappa shape index (κ2) is 13.6. The lowest BCUT2D eigenvalue weighted by atomic mass is 10.1. The van der Waals surface area contributed by atoms with Crippen molar-refractivity contribution >= 4 is 23.2 Å². The van der Waals surface area contributed by atoms with Crippen molar-refractivity contribution in [2.24, 2.45) is 5.73 Å². The zero-order chi connectivity index (χ0) is 30.2. The van der Waals surface area contributed by atoms with Gasteiger partial charge in [0.15, 0.2) is 23.0 Å². The third kappa shape index (κ3) is 6.64. The lowest BCUT2D eigenvalue weighted by Crippen LogP contribution is -2.16. The van der Waals surface area contributed by atoms with Crippen molar-refractivity contribution in [3.63, 3.8) is 0 Å². The van der Waals surface area contributed by atoms with Crippen molar-refractivity contribution in [2.75, 3.05) is 45.6 Å². The van der Waals surface area contributed by atoms with Gasteiger partial charge in [-0.05, 0) is 55.6 Å². The second-order valence-corrected chi connectivity index (χ2v) is 9.30. The number of amides is 1. The number of carbonyl (C=O) groups is 1. The van der Waals surface area contributed by atoms with Gasteiger partial charge in [-0.2, -0.15) is 4.98 Å². The van der Waals surface area contributed by atoms with Crippen molar-refractivity contribution in [2.45, 2.75) is 20.3 Å². The number of benzene rings is 3. The Balaban J connectivity index is 1.75. The van der Waals surface area contributed by atoms with Crippen LogP contribution in [0.4, 0.5) is 17.3 Å². The maximum Gasteiger partial charge on any atom is 0.262 e. The summed E-state index contributed by atoms with van der Waals surface area (Å²) in [6.45, 7) is 4.34. The van der Waals surface area contributed by atoms with Crippen LogP contribution in [0, 0.1) is 13.8 Å². The first-order chi connectivity index (χ1) is 20.3. The molecule has 1 aromatic heterocycles. The Morgan fingerprint density at radius 2 is 1.52 bits per heavy atom. The molecule has 0 fully saturated rings. The molecule has 0 atom stereocenters. The van der Waals surface area contributed by atoms with Crippen LogP contribution in [0.3, 0.4) is 0 Å². The Hall–Kier alpha value is -5.03. The summed E-state index contributed by atoms with van der Waals surface area (Å²) in [6, 6.07) is 14.7. The van der Waals surface area contributed by atoms with E-state index in [1.807, 2.05) is 44.2 Å². The maximum absolute atomic E-state index is 13.5. The number of carbonyl (C=O) groups excluding carboxylic acids is 1. The van der Waals surface area contributed by atoms with Crippen LogP contribution in [-0.4, -0.2) is 50.9 Å². The predicted molar refractivity (Wildman–Crippen MR) is 161 cm³/mol. The van der Waals surface area contributed by atoms with E-state index in [1.54, 1.807) is 25.3 Å². The predicted octanol–water partition coefficient (Wildman–Crippen LogP) is 5.42. The molecule has 0 aliphatic rings. The van der Waals surface area contributed by atoms with E-state index in [2.05, 4.69) is 20.6 Å². The largest absolute Gasteiger partial charge is 0.493 e. The Bertz CT molecular complexity index is 1530. The van der Waals surface area contributed by atoms with Gasteiger partial charge < -0.3 is 40.1 Å². The molecule has 11 heteroatoms. The Kier molecular flexibility index (Phi) is 9.66. The molecule has 3 aromatic carbocycles. The fourth-order valence-corrected chi connectivity index (χ4v) is 4.36. The maximum atomic E-state index is 13.5. The minimum atomic E-state index is -0.430. The number of aromatic nitrogens is 2. The van der Waals surface area contributed by atoms with Crippen LogP contribution >= 0.6 is 0 Å². The summed E-state index contributed by atoms with van der Waals surface area (Å²) in [6.07, 6.45) is 2.08. The smallest absolute Gasteiger partial charge is 0.262 e. The molecule has 0 bridgehead atoms. The van der Waals surface area contributed by atoms with E-state index >= 15 is 0 Å². The number of hydrogen-bond acceptors (Lipinski definition) is 10. The van der Waals surface area contributed by atoms with Crippen LogP contribution in [0.5, 0.6) is 34.6 Å². The molecule has 0 aliphatic carbocycles. The van der Waals surface area contributed by atoms with E-state index in [1.165, 1.54) is 27.5 Å². The van der Waals surface area contributed by atoms with Gasteiger partial charge in [0.05, 0.1) is 28.4 Å². The first-order valence-electron chi connectivity index (χ1n) is 13.2. The normalized spacial score (nSPS) is 10.5. The average Bonchev–Trinajstić information content (AvgIpc) is 2.99. The van der Waals surface area contributed by atoms with E-state index in [0.717, 1.165) is 16.7 Å². The van der Waals surface area contributed by atoms with Crippen molar-refractivity contribution in [3.8, 4) is 34.6 Å². The number of hydrogen-bond donors (Lipinski definition) is 3. The molecule has 220 valence electrons. The highest BCUT2D eigenvalue weighted by atomic mass is 16.5. The van der Waals surface area contributed by atoms with Gasteiger partial charge >= 0.3 is 0 Å². The molecule has 1 amide bonds. The van der Waals surface area contributed by atoms with Crippen molar-refractivity contribution in [1.82, 2.24) is 9.97 Å². The summed E-state index contributed by atoms with van der Waals surface area (Å²) in [5.74, 6) is 1.94. The standard InChI is InChI=1S/C31H35N5O6/c1-18-8-7-9-19(2)27(18)35-29(37)22-17-33-31(34-21-15-25(39-4)28(41-6)26(16-21)40-5)36-30(22)42-23-11-10-20(12-13-32)14-24(23)38-3/h7-11,14-17H,12-13,32H2,1-6H3,(H,35,37)(H,33,34,36). The second-order valence-electron chi connectivity index (χ2n) is 9.30. The molecule has 0 unspecified atom stereocenters. The van der Waals surface area contributed by atoms with E-state index in [4.69, 9.17) is 29.4 Å². The summed E-state index contributed by atoms with van der Waals surface area (Å²) in [4.78, 5) is 22.5. The van der Waals surface area contributed by atoms with E-state index in [-0.39, 0.29) is 17.4 Å². The summed E-state index contributed by atoms with van der Waals surface area (Å²) in [5, 5.41) is 6.10. The molecule has 42 heavy (non-hydrogen) atoms. The summed E-state index contributed by atoms with van der Waals surface area (Å²) in [7, 11) is 6.12. The highest BCUT2D eigenvalue weighted by Gasteiger charge is 2.21. The zero-order valence-electron chi connectivity index (χ0n) is 24.5. The Morgan fingerprint density at radius 1 is 0.857 bits per heavy atom. The molecule has 0 saturated heterocycles. The van der Waals surface area contributed by atoms with Crippen LogP contribution in [0.2, 0.25) is 0 Å². The molecule has 4 rings (SSSR count). The number of para-hydroxylation sites is 1. The van der Waals surface area contributed by atoms with Gasteiger partial charge in [-0.15, -0.1) is 0 Å². The fraction of sp³-hybridized carbons (Fsp3) is 0.258. The quantitative estimate of drug-likeness (QED) is 0.201. The van der Waals surface area contributed by atoms with Gasteiger partial charge in [0.1, 0.15) is 5.56 Å². The molecule has 11 nitrogen and oxygen atoms in total. The van der Waals surface area contributed by atoms with Crippen LogP contribution in [0.1, 0.15) is 27.0 Å². The number of rotatable bonds is 12. The molecule has 4 N–H and O–H groups in total. The summed E-state index contributed by atoms with van der Waals surface area (Å²) in [5.41, 5.74) is 9.94. The Morgan fingerprint density at radius 3 is 2.12 bits per heavy atom. The minimum Gasteiger partial charge on any atom is -0.493 e. The van der Waals surface area contributed by atoms with Crippen LogP contribution in [0.15, 0.2) is 54.7 Å². The zero-order valence-corrected chi connectivity index (χ0v) is 24.5. The molecule has 0 saturated carbocycles. The molecular formula is C31H35N5O6. The lowest BCUT2D eigenvalue weighted by molar-refractivity contribution is 0.102. The van der Waals surface area contributed by atoms with Gasteiger partial charge in [-0.3, -0.25) is 4.79 Å². The van der Waals surface area contributed by atoms with E-state index in [0.29, 0.717) is 53.1 Å². The monoisotopic (exact) mass is 573 g/mol. The third-order valence-electron chi connectivity index (χ3n) is 6.51. The number of anilines is 3. The average molecular weight is 574 g/mol. The highest BCUT2D eigenvalue weighted by Crippen LogP contribution is 2.41. The van der Waals surface area contributed by atoms with Crippen molar-refractivity contribution < 1.29 is 28.5 Å². The molecule has 0 aliphatic heterocycles. The van der Waals surface area contributed by atoms with Gasteiger partial charge in [0.25, 0.3) is 5.91 Å². The van der Waals surface area contributed by atoms with Crippen LogP contribution < -0.4 is 40.1 Å². The number of methoxy groups -OCH3 is 4. The third-order valence-corrected chi connectivity index (χ3v) is 6.51. The first-order valence-corrected chi connectivity index (χ1v) is 13.2. The van der Waals surface area contributed by atoms with Crippen LogP contribution in [0.25, 0.3) is 0 Å². The highest BCUT2D eigenvalue weighted by molar-refractivity contribution is 6.06. The summed E-state index contributed by atoms with van der Waals surface area (Å²) >= 11 is 0. The van der Waals surface area contributed by atoms with Gasteiger partial charge in [0.2, 0.25) is 17.6 Å². The molecule has 0 radical (unpaired) electrons. The molecule has 1 heterocycles. The van der Waals surface area contributed by atoms with Gasteiger partial charge in [-0.1, -0.05) is 24.3 Å². The fourth-order valence-electron chi connectivity index (χ4n) is 4.36. The van der Waals surface area contributed by atoms with E-state index in [9.17, 15) is 4.79 Å². The topological polar surface area (TPSA) is 139 Å². The first kappa shape index (κ1) is 29.9. The molecule has 0 spiro atoms. The molecular weight excluding hydrogens is 538 g/mol. The van der Waals surface area contributed by atoms with Crippen LogP contribution in [-0.2, 0) is 6.42 Å². The van der Waals surface area contributed by atoms with Crippen molar-refractivity contribution in [1.29, 1.82) is 0 Å². The number of ether oxygens (including phenoxy) is 5. The number of nitrogens with two attached hydrogens (primary N) is 1. The van der Waals surface area contributed by atoms with Crippen molar-refractivity contribution in [3.05, 3.63) is 77.0 Å². The lowest BCUT2D eigenvalue weighted by Gasteiger charge is -2.17. The Labute approximate surface area is 244 Å². The minimum absolute atomic E-state index is 0.0218. The van der Waals surface area contributed by atoms with Gasteiger partial charge in [0, 0.05) is 29.7 Å². The molecule has 4 aromatic rings. The SMILES string of the molecule is COc1cc(CCN)ccc1Oc1nc(Nc2cc(OC)c(OC)c(OC)c2)ncc1C(=O)Nc1c(C)cccc1C. The number of nitrogens with zero attached hydrogens (tertiary/aromatic N) is 2. The number of nitrogens with one attached hydrogen (secondary N) is 2. The van der Waals surface area contributed by atoms with Gasteiger partial charge in [-0.25, -0.2) is 4.98 Å². The number of aryl methyl sites for hydroxylation is 2. The van der Waals surface area contributed by atoms with E-state index < -0.39 is 5.91 Å².